The summed E-state index contributed by atoms with van der Waals surface area (Å²) < 4.78 is 5.03. The molecule has 0 saturated heterocycles. The van der Waals surface area contributed by atoms with Crippen molar-refractivity contribution in [1.82, 2.24) is 10.6 Å². The average Bonchev–Trinajstić information content (AvgIpc) is 2.66. The van der Waals surface area contributed by atoms with Gasteiger partial charge in [-0.05, 0) is 29.8 Å². The number of anilines is 1. The normalized spacial score (nSPS) is 9.43. The maximum Gasteiger partial charge on any atom is 1.00 e. The van der Waals surface area contributed by atoms with Crippen molar-refractivity contribution in [1.29, 1.82) is 5.41 Å². The number of nitrogens with one attached hydrogen (secondary N) is 4. The number of rotatable bonds is 6. The van der Waals surface area contributed by atoms with Gasteiger partial charge < -0.3 is 25.3 Å². The van der Waals surface area contributed by atoms with Crippen LogP contribution in [0.4, 0.5) is 15.3 Å². The number of alkyl carbamates (subject to hydrolysis) is 1. The van der Waals surface area contributed by atoms with Crippen molar-refractivity contribution < 1.29 is 53.8 Å². The Morgan fingerprint density at radius 3 is 2.25 bits per heavy atom. The zero-order chi connectivity index (χ0) is 19.6. The van der Waals surface area contributed by atoms with Crippen LogP contribution in [0.1, 0.15) is 11.1 Å². The second-order valence-electron chi connectivity index (χ2n) is 5.32. The summed E-state index contributed by atoms with van der Waals surface area (Å²) >= 11 is 0. The largest absolute Gasteiger partial charge is 1.00 e. The van der Waals surface area contributed by atoms with Crippen LogP contribution in [-0.2, 0) is 16.1 Å². The molecule has 2 rings (SSSR count). The molecule has 3 amide bonds. The van der Waals surface area contributed by atoms with Crippen LogP contribution in [0.25, 0.3) is 0 Å². The third-order valence-electron chi connectivity index (χ3n) is 3.26. The maximum atomic E-state index is 11.7. The van der Waals surface area contributed by atoms with Crippen molar-refractivity contribution in [3.8, 4) is 0 Å². The number of urea groups is 1. The van der Waals surface area contributed by atoms with Gasteiger partial charge in [0.25, 0.3) is 0 Å². The number of benzene rings is 2. The molecule has 0 saturated carbocycles. The molecular formula is C18H17N4NaO5. The first-order chi connectivity index (χ1) is 12.9. The molecule has 4 N–H and O–H groups in total. The second kappa shape index (κ2) is 11.8. The molecule has 0 spiro atoms. The first kappa shape index (κ1) is 23.2. The summed E-state index contributed by atoms with van der Waals surface area (Å²) in [4.78, 5) is 33.5. The summed E-state index contributed by atoms with van der Waals surface area (Å²) in [6.45, 7) is -0.520. The molecule has 0 atom stereocenters. The average molecular weight is 392 g/mol. The SMILES string of the molecule is N=C(NC(=O)OCc1ccccc1)c1ccc(NC(=O)NCC(=O)[O-])cc1.[Na+]. The van der Waals surface area contributed by atoms with E-state index in [0.29, 0.717) is 11.3 Å². The number of hydrogen-bond donors (Lipinski definition) is 4. The van der Waals surface area contributed by atoms with Gasteiger partial charge in [-0.3, -0.25) is 10.7 Å². The van der Waals surface area contributed by atoms with Gasteiger partial charge in [-0.2, -0.15) is 0 Å². The Morgan fingerprint density at radius 1 is 1.00 bits per heavy atom. The predicted molar refractivity (Wildman–Crippen MR) is 95.1 cm³/mol. The van der Waals surface area contributed by atoms with Gasteiger partial charge in [-0.1, -0.05) is 30.3 Å². The molecule has 2 aromatic rings. The number of carbonyl (C=O) groups excluding carboxylic acids is 3. The van der Waals surface area contributed by atoms with Crippen LogP contribution in [0, 0.1) is 5.41 Å². The van der Waals surface area contributed by atoms with Crippen LogP contribution in [0.15, 0.2) is 54.6 Å². The summed E-state index contributed by atoms with van der Waals surface area (Å²) in [6.07, 6.45) is -0.757. The van der Waals surface area contributed by atoms with Crippen molar-refractivity contribution in [3.05, 3.63) is 65.7 Å². The fraction of sp³-hybridized carbons (Fsp3) is 0.111. The minimum absolute atomic E-state index is 0. The first-order valence-corrected chi connectivity index (χ1v) is 7.85. The molecule has 0 fully saturated rings. The van der Waals surface area contributed by atoms with Gasteiger partial charge >= 0.3 is 41.7 Å². The molecule has 140 valence electrons. The van der Waals surface area contributed by atoms with E-state index in [4.69, 9.17) is 10.1 Å². The van der Waals surface area contributed by atoms with Crippen LogP contribution in [0.3, 0.4) is 0 Å². The molecule has 10 heteroatoms. The molecule has 0 unspecified atom stereocenters. The van der Waals surface area contributed by atoms with Crippen molar-refractivity contribution in [3.63, 3.8) is 0 Å². The van der Waals surface area contributed by atoms with Gasteiger partial charge in [0, 0.05) is 11.3 Å². The quantitative estimate of drug-likeness (QED) is 0.251. The molecule has 2 aromatic carbocycles. The fourth-order valence-corrected chi connectivity index (χ4v) is 1.98. The minimum atomic E-state index is -1.40. The number of aliphatic carboxylic acids is 1. The van der Waals surface area contributed by atoms with E-state index in [9.17, 15) is 19.5 Å². The van der Waals surface area contributed by atoms with Crippen molar-refractivity contribution in [2.45, 2.75) is 6.61 Å². The number of hydrogen-bond acceptors (Lipinski definition) is 6. The van der Waals surface area contributed by atoms with Crippen LogP contribution in [0.5, 0.6) is 0 Å². The van der Waals surface area contributed by atoms with E-state index in [2.05, 4.69) is 16.0 Å². The zero-order valence-corrected chi connectivity index (χ0v) is 17.2. The summed E-state index contributed by atoms with van der Waals surface area (Å²) in [6, 6.07) is 14.4. The third kappa shape index (κ3) is 8.21. The summed E-state index contributed by atoms with van der Waals surface area (Å²) in [5.41, 5.74) is 1.60. The topological polar surface area (TPSA) is 143 Å². The smallest absolute Gasteiger partial charge is 0.548 e. The summed E-state index contributed by atoms with van der Waals surface area (Å²) in [7, 11) is 0. The minimum Gasteiger partial charge on any atom is -0.548 e. The molecule has 0 aliphatic rings. The van der Waals surface area contributed by atoms with E-state index in [1.807, 2.05) is 30.3 Å². The molecule has 0 aliphatic carbocycles. The Bertz CT molecular complexity index is 828. The number of carbonyl (C=O) groups is 3. The van der Waals surface area contributed by atoms with Gasteiger partial charge in [0.15, 0.2) is 0 Å². The van der Waals surface area contributed by atoms with E-state index >= 15 is 0 Å². The van der Waals surface area contributed by atoms with Gasteiger partial charge in [0.05, 0.1) is 12.5 Å². The fourth-order valence-electron chi connectivity index (χ4n) is 1.98. The molecular weight excluding hydrogens is 375 g/mol. The van der Waals surface area contributed by atoms with Crippen LogP contribution in [-0.4, -0.2) is 30.5 Å². The second-order valence-corrected chi connectivity index (χ2v) is 5.32. The maximum absolute atomic E-state index is 11.7. The van der Waals surface area contributed by atoms with Gasteiger partial charge in [0.2, 0.25) is 0 Å². The van der Waals surface area contributed by atoms with Gasteiger partial charge in [-0.15, -0.1) is 0 Å². The molecule has 0 bridgehead atoms. The van der Waals surface area contributed by atoms with E-state index in [0.717, 1.165) is 5.56 Å². The molecule has 0 aromatic heterocycles. The molecule has 0 aliphatic heterocycles. The number of ether oxygens (including phenoxy) is 1. The van der Waals surface area contributed by atoms with Crippen LogP contribution < -0.4 is 50.6 Å². The standard InChI is InChI=1S/C18H18N4O5.Na/c19-16(22-18(26)27-11-12-4-2-1-3-5-12)13-6-8-14(9-7-13)21-17(25)20-10-15(23)24;/h1-9H,10-11H2,(H,23,24)(H2,19,22,26)(H2,20,21,25);/q;+1/p-1. The van der Waals surface area contributed by atoms with Crippen molar-refractivity contribution in [2.75, 3.05) is 11.9 Å². The van der Waals surface area contributed by atoms with Crippen LogP contribution >= 0.6 is 0 Å². The first-order valence-electron chi connectivity index (χ1n) is 7.85. The molecule has 0 radical (unpaired) electrons. The van der Waals surface area contributed by atoms with E-state index in [1.54, 1.807) is 0 Å². The van der Waals surface area contributed by atoms with E-state index in [-0.39, 0.29) is 42.0 Å². The Hall–Kier alpha value is -2.88. The molecule has 28 heavy (non-hydrogen) atoms. The molecule has 9 nitrogen and oxygen atoms in total. The Labute approximate surface area is 183 Å². The summed E-state index contributed by atoms with van der Waals surface area (Å²) in [5.74, 6) is -1.57. The Balaban J connectivity index is 0.00000392. The predicted octanol–water partition coefficient (Wildman–Crippen LogP) is -2.19. The monoisotopic (exact) mass is 392 g/mol. The number of amides is 3. The Morgan fingerprint density at radius 2 is 1.64 bits per heavy atom. The number of amidine groups is 1. The van der Waals surface area contributed by atoms with Crippen LogP contribution in [0.2, 0.25) is 0 Å². The van der Waals surface area contributed by atoms with Gasteiger partial charge in [-0.25, -0.2) is 9.59 Å². The summed E-state index contributed by atoms with van der Waals surface area (Å²) in [5, 5.41) is 25.0. The Kier molecular flexibility index (Phi) is 9.72. The van der Waals surface area contributed by atoms with E-state index < -0.39 is 24.6 Å². The number of carboxylic acids is 1. The van der Waals surface area contributed by atoms with E-state index in [1.165, 1.54) is 24.3 Å². The zero-order valence-electron chi connectivity index (χ0n) is 15.2. The van der Waals surface area contributed by atoms with Crippen molar-refractivity contribution in [2.24, 2.45) is 0 Å². The number of carboxylic acid groups (broad SMARTS) is 1. The van der Waals surface area contributed by atoms with Gasteiger partial charge in [0.1, 0.15) is 12.4 Å². The third-order valence-corrected chi connectivity index (χ3v) is 3.26. The van der Waals surface area contributed by atoms with Crippen molar-refractivity contribution >= 4 is 29.6 Å². The molecule has 0 heterocycles.